The lowest BCUT2D eigenvalue weighted by molar-refractivity contribution is -0.385. The Morgan fingerprint density at radius 2 is 1.56 bits per heavy atom. The minimum atomic E-state index is -0.602. The summed E-state index contributed by atoms with van der Waals surface area (Å²) in [6, 6.07) is 19.0. The van der Waals surface area contributed by atoms with Crippen molar-refractivity contribution in [3.8, 4) is 11.1 Å². The molecule has 0 aliphatic heterocycles. The molecule has 0 N–H and O–H groups in total. The number of pyridine rings is 1. The first-order valence-corrected chi connectivity index (χ1v) is 7.58. The molecule has 0 bridgehead atoms. The molecule has 0 unspecified atom stereocenters. The van der Waals surface area contributed by atoms with E-state index >= 15 is 0 Å². The normalized spacial score (nSPS) is 10.4. The number of hydrogen-bond donors (Lipinski definition) is 0. The van der Waals surface area contributed by atoms with E-state index in [0.717, 1.165) is 34.0 Å². The molecule has 0 amide bonds. The quantitative estimate of drug-likeness (QED) is 0.407. The van der Waals surface area contributed by atoms with E-state index in [-0.39, 0.29) is 18.0 Å². The zero-order chi connectivity index (χ0) is 17.8. The van der Waals surface area contributed by atoms with E-state index in [1.165, 1.54) is 0 Å². The summed E-state index contributed by atoms with van der Waals surface area (Å²) in [4.78, 5) is 34.3. The maximum absolute atomic E-state index is 12.4. The molecule has 3 aromatic rings. The summed E-state index contributed by atoms with van der Waals surface area (Å²) in [5, 5.41) is 10.8. The number of ketones is 1. The number of aromatic nitrogens is 1. The molecule has 0 fully saturated rings. The number of nitrogens with zero attached hydrogens (tertiary/aromatic N) is 2. The molecule has 1 heterocycles. The van der Waals surface area contributed by atoms with Gasteiger partial charge in [-0.25, -0.2) is 0 Å². The van der Waals surface area contributed by atoms with Crippen LogP contribution in [0.5, 0.6) is 0 Å². The molecule has 0 spiro atoms. The van der Waals surface area contributed by atoms with E-state index in [4.69, 9.17) is 0 Å². The first-order chi connectivity index (χ1) is 12.0. The fourth-order valence-corrected chi connectivity index (χ4v) is 2.48. The van der Waals surface area contributed by atoms with Gasteiger partial charge in [-0.1, -0.05) is 54.6 Å². The molecular formula is C19H14N2O4. The van der Waals surface area contributed by atoms with Gasteiger partial charge < -0.3 is 4.57 Å². The molecule has 124 valence electrons. The van der Waals surface area contributed by atoms with Crippen LogP contribution in [0.2, 0.25) is 0 Å². The molecule has 0 aliphatic carbocycles. The molecule has 0 radical (unpaired) electrons. The van der Waals surface area contributed by atoms with Crippen LogP contribution in [0.1, 0.15) is 10.4 Å². The third-order valence-electron chi connectivity index (χ3n) is 3.81. The minimum Gasteiger partial charge on any atom is -0.301 e. The Hall–Kier alpha value is -3.54. The molecule has 0 saturated heterocycles. The van der Waals surface area contributed by atoms with E-state index in [0.29, 0.717) is 5.56 Å². The van der Waals surface area contributed by atoms with Gasteiger partial charge in [-0.15, -0.1) is 0 Å². The van der Waals surface area contributed by atoms with Crippen molar-refractivity contribution < 1.29 is 9.72 Å². The molecule has 2 aromatic carbocycles. The Balaban J connectivity index is 1.81. The predicted octanol–water partition coefficient (Wildman–Crippen LogP) is 3.31. The van der Waals surface area contributed by atoms with Crippen molar-refractivity contribution in [2.24, 2.45) is 0 Å². The Morgan fingerprint density at radius 3 is 2.20 bits per heavy atom. The van der Waals surface area contributed by atoms with E-state index < -0.39 is 10.5 Å². The van der Waals surface area contributed by atoms with Gasteiger partial charge in [0.2, 0.25) is 0 Å². The second kappa shape index (κ2) is 6.92. The van der Waals surface area contributed by atoms with Crippen molar-refractivity contribution in [3.63, 3.8) is 0 Å². The van der Waals surface area contributed by atoms with Crippen molar-refractivity contribution in [3.05, 3.63) is 99.0 Å². The van der Waals surface area contributed by atoms with Crippen LogP contribution >= 0.6 is 0 Å². The van der Waals surface area contributed by atoms with Gasteiger partial charge in [0.25, 0.3) is 11.2 Å². The largest absolute Gasteiger partial charge is 0.301 e. The van der Waals surface area contributed by atoms with Crippen molar-refractivity contribution in [1.29, 1.82) is 0 Å². The van der Waals surface area contributed by atoms with Crippen LogP contribution in [-0.2, 0) is 6.54 Å². The maximum atomic E-state index is 12.4. The van der Waals surface area contributed by atoms with Crippen LogP contribution in [0.4, 0.5) is 5.69 Å². The molecule has 6 nitrogen and oxygen atoms in total. The van der Waals surface area contributed by atoms with Gasteiger partial charge in [-0.2, -0.15) is 0 Å². The Kier molecular flexibility index (Phi) is 4.52. The molecule has 0 aliphatic rings. The first kappa shape index (κ1) is 16.3. The predicted molar refractivity (Wildman–Crippen MR) is 93.6 cm³/mol. The fourth-order valence-electron chi connectivity index (χ4n) is 2.48. The summed E-state index contributed by atoms with van der Waals surface area (Å²) in [6.07, 6.45) is 1.08. The van der Waals surface area contributed by atoms with Gasteiger partial charge in [0.1, 0.15) is 0 Å². The van der Waals surface area contributed by atoms with Crippen LogP contribution in [0, 0.1) is 10.1 Å². The smallest absolute Gasteiger partial charge is 0.285 e. The van der Waals surface area contributed by atoms with Gasteiger partial charge in [0, 0.05) is 17.7 Å². The van der Waals surface area contributed by atoms with Gasteiger partial charge in [-0.3, -0.25) is 19.7 Å². The maximum Gasteiger partial charge on any atom is 0.285 e. The summed E-state index contributed by atoms with van der Waals surface area (Å²) in [5.74, 6) is -0.290. The van der Waals surface area contributed by atoms with Gasteiger partial charge in [-0.05, 0) is 11.1 Å². The summed E-state index contributed by atoms with van der Waals surface area (Å²) in [6.45, 7) is -0.245. The molecule has 25 heavy (non-hydrogen) atoms. The average molecular weight is 334 g/mol. The molecule has 0 atom stereocenters. The highest BCUT2D eigenvalue weighted by Gasteiger charge is 2.12. The third-order valence-corrected chi connectivity index (χ3v) is 3.81. The summed E-state index contributed by atoms with van der Waals surface area (Å²) < 4.78 is 1.05. The third kappa shape index (κ3) is 3.69. The van der Waals surface area contributed by atoms with Crippen molar-refractivity contribution >= 4 is 11.5 Å². The Morgan fingerprint density at radius 1 is 0.920 bits per heavy atom. The average Bonchev–Trinajstić information content (AvgIpc) is 2.64. The molecule has 6 heteroatoms. The topological polar surface area (TPSA) is 82.2 Å². The Labute approximate surface area is 143 Å². The highest BCUT2D eigenvalue weighted by atomic mass is 16.6. The number of rotatable bonds is 5. The lowest BCUT2D eigenvalue weighted by Crippen LogP contribution is -2.23. The van der Waals surface area contributed by atoms with Crippen LogP contribution in [0.15, 0.2) is 77.7 Å². The monoisotopic (exact) mass is 334 g/mol. The van der Waals surface area contributed by atoms with Crippen LogP contribution in [0.3, 0.4) is 0 Å². The lowest BCUT2D eigenvalue weighted by atomic mass is 10.0. The molecular weight excluding hydrogens is 320 g/mol. The van der Waals surface area contributed by atoms with Gasteiger partial charge >= 0.3 is 0 Å². The van der Waals surface area contributed by atoms with Crippen molar-refractivity contribution in [2.75, 3.05) is 0 Å². The number of hydrogen-bond acceptors (Lipinski definition) is 4. The zero-order valence-corrected chi connectivity index (χ0v) is 13.2. The number of carbonyl (C=O) groups is 1. The standard InChI is InChI=1S/C19H14N2O4/c22-18(13-20-12-17(21(24)25)10-11-19(20)23)16-8-6-15(7-9-16)14-4-2-1-3-5-14/h1-12H,13H2. The van der Waals surface area contributed by atoms with Crippen LogP contribution in [-0.4, -0.2) is 15.3 Å². The molecule has 0 saturated carbocycles. The second-order valence-electron chi connectivity index (χ2n) is 5.48. The van der Waals surface area contributed by atoms with E-state index in [9.17, 15) is 19.7 Å². The van der Waals surface area contributed by atoms with Crippen LogP contribution < -0.4 is 5.56 Å². The second-order valence-corrected chi connectivity index (χ2v) is 5.48. The summed E-state index contributed by atoms with van der Waals surface area (Å²) >= 11 is 0. The highest BCUT2D eigenvalue weighted by molar-refractivity contribution is 5.96. The first-order valence-electron chi connectivity index (χ1n) is 7.58. The lowest BCUT2D eigenvalue weighted by Gasteiger charge is -2.06. The summed E-state index contributed by atoms with van der Waals surface area (Å²) in [7, 11) is 0. The van der Waals surface area contributed by atoms with Gasteiger partial charge in [0.05, 0.1) is 17.7 Å². The van der Waals surface area contributed by atoms with E-state index in [1.54, 1.807) is 12.1 Å². The molecule has 3 rings (SSSR count). The van der Waals surface area contributed by atoms with Gasteiger partial charge in [0.15, 0.2) is 5.78 Å². The fraction of sp³-hybridized carbons (Fsp3) is 0.0526. The number of benzene rings is 2. The van der Waals surface area contributed by atoms with Crippen molar-refractivity contribution in [2.45, 2.75) is 6.54 Å². The van der Waals surface area contributed by atoms with Crippen LogP contribution in [0.25, 0.3) is 11.1 Å². The molecule has 1 aromatic heterocycles. The number of nitro groups is 1. The van der Waals surface area contributed by atoms with Crippen molar-refractivity contribution in [1.82, 2.24) is 4.57 Å². The SMILES string of the molecule is O=C(Cn1cc([N+](=O)[O-])ccc1=O)c1ccc(-c2ccccc2)cc1. The minimum absolute atomic E-state index is 0.230. The highest BCUT2D eigenvalue weighted by Crippen LogP contribution is 2.19. The van der Waals surface area contributed by atoms with E-state index in [1.807, 2.05) is 42.5 Å². The number of Topliss-reactive ketones (excluding diaryl/α,β-unsaturated/α-hetero) is 1. The summed E-state index contributed by atoms with van der Waals surface area (Å²) in [5.41, 5.74) is 1.77. The van der Waals surface area contributed by atoms with E-state index in [2.05, 4.69) is 0 Å². The zero-order valence-electron chi connectivity index (χ0n) is 13.2. The Bertz CT molecular complexity index is 976. The number of carbonyl (C=O) groups excluding carboxylic acids is 1.